The maximum Gasteiger partial charge on any atom is 0.120 e. The van der Waals surface area contributed by atoms with Crippen molar-refractivity contribution in [2.24, 2.45) is 11.1 Å². The van der Waals surface area contributed by atoms with Gasteiger partial charge in [-0.1, -0.05) is 38.5 Å². The summed E-state index contributed by atoms with van der Waals surface area (Å²) in [4.78, 5) is 0. The zero-order valence-corrected chi connectivity index (χ0v) is 10.4. The molecule has 0 aliphatic rings. The van der Waals surface area contributed by atoms with Gasteiger partial charge in [-0.3, -0.25) is 0 Å². The predicted octanol–water partition coefficient (Wildman–Crippen LogP) is 2.11. The second-order valence-electron chi connectivity index (χ2n) is 5.40. The van der Waals surface area contributed by atoms with Crippen molar-refractivity contribution < 1.29 is 10.2 Å². The van der Waals surface area contributed by atoms with Crippen LogP contribution in [-0.2, 0) is 0 Å². The molecular weight excluding hydrogens is 202 g/mol. The highest BCUT2D eigenvalue weighted by atomic mass is 16.3. The van der Waals surface area contributed by atoms with Gasteiger partial charge in [-0.25, -0.2) is 0 Å². The summed E-state index contributed by atoms with van der Waals surface area (Å²) >= 11 is 0. The van der Waals surface area contributed by atoms with Crippen LogP contribution in [0.4, 0.5) is 0 Å². The fourth-order valence-corrected chi connectivity index (χ4v) is 1.65. The van der Waals surface area contributed by atoms with Crippen molar-refractivity contribution in [2.45, 2.75) is 39.8 Å². The lowest BCUT2D eigenvalue weighted by atomic mass is 9.82. The SMILES string of the molecule is Cc1ccc(O)c([C@@H](N)[C@@H](O)C(C)(C)C)c1. The molecule has 0 bridgehead atoms. The van der Waals surface area contributed by atoms with E-state index in [0.29, 0.717) is 5.56 Å². The number of nitrogens with two attached hydrogens (primary N) is 1. The molecule has 1 aromatic carbocycles. The molecule has 16 heavy (non-hydrogen) atoms. The molecule has 1 aromatic rings. The summed E-state index contributed by atoms with van der Waals surface area (Å²) in [6.07, 6.45) is -0.694. The number of aromatic hydroxyl groups is 1. The van der Waals surface area contributed by atoms with E-state index in [2.05, 4.69) is 0 Å². The first-order valence-corrected chi connectivity index (χ1v) is 5.46. The van der Waals surface area contributed by atoms with Gasteiger partial charge in [0.25, 0.3) is 0 Å². The number of aliphatic hydroxyl groups excluding tert-OH is 1. The Kier molecular flexibility index (Phi) is 3.61. The van der Waals surface area contributed by atoms with Crippen LogP contribution in [0.3, 0.4) is 0 Å². The zero-order chi connectivity index (χ0) is 12.5. The highest BCUT2D eigenvalue weighted by Crippen LogP contribution is 2.32. The Morgan fingerprint density at radius 1 is 1.25 bits per heavy atom. The van der Waals surface area contributed by atoms with Gasteiger partial charge in [0.2, 0.25) is 0 Å². The van der Waals surface area contributed by atoms with Crippen molar-refractivity contribution >= 4 is 0 Å². The van der Waals surface area contributed by atoms with Gasteiger partial charge in [0.15, 0.2) is 0 Å². The van der Waals surface area contributed by atoms with Crippen LogP contribution in [0, 0.1) is 12.3 Å². The van der Waals surface area contributed by atoms with Crippen molar-refractivity contribution in [1.29, 1.82) is 0 Å². The Balaban J connectivity index is 3.05. The summed E-state index contributed by atoms with van der Waals surface area (Å²) in [7, 11) is 0. The maximum atomic E-state index is 10.1. The number of phenols is 1. The molecule has 3 nitrogen and oxygen atoms in total. The van der Waals surface area contributed by atoms with E-state index in [1.807, 2.05) is 39.8 Å². The van der Waals surface area contributed by atoms with Crippen LogP contribution in [0.25, 0.3) is 0 Å². The Morgan fingerprint density at radius 3 is 2.31 bits per heavy atom. The summed E-state index contributed by atoms with van der Waals surface area (Å²) in [5, 5.41) is 19.8. The first kappa shape index (κ1) is 13.0. The van der Waals surface area contributed by atoms with Crippen LogP contribution < -0.4 is 5.73 Å². The summed E-state index contributed by atoms with van der Waals surface area (Å²) in [6.45, 7) is 7.69. The number of hydrogen-bond acceptors (Lipinski definition) is 3. The highest BCUT2D eigenvalue weighted by molar-refractivity contribution is 5.38. The molecule has 0 saturated heterocycles. The Labute approximate surface area is 96.9 Å². The number of aliphatic hydroxyl groups is 1. The van der Waals surface area contributed by atoms with E-state index in [0.717, 1.165) is 5.56 Å². The molecule has 90 valence electrons. The summed E-state index contributed by atoms with van der Waals surface area (Å²) in [5.74, 6) is 0.140. The van der Waals surface area contributed by atoms with Gasteiger partial charge in [0.05, 0.1) is 12.1 Å². The van der Waals surface area contributed by atoms with Crippen molar-refractivity contribution in [3.05, 3.63) is 29.3 Å². The van der Waals surface area contributed by atoms with Crippen LogP contribution in [0.2, 0.25) is 0 Å². The highest BCUT2D eigenvalue weighted by Gasteiger charge is 2.30. The lowest BCUT2D eigenvalue weighted by Gasteiger charge is -2.31. The third kappa shape index (κ3) is 2.74. The van der Waals surface area contributed by atoms with Gasteiger partial charge >= 0.3 is 0 Å². The van der Waals surface area contributed by atoms with Gasteiger partial charge in [0, 0.05) is 5.56 Å². The van der Waals surface area contributed by atoms with Crippen molar-refractivity contribution in [2.75, 3.05) is 0 Å². The Hall–Kier alpha value is -1.06. The van der Waals surface area contributed by atoms with Gasteiger partial charge in [-0.05, 0) is 18.4 Å². The number of aryl methyl sites for hydroxylation is 1. The zero-order valence-electron chi connectivity index (χ0n) is 10.4. The number of rotatable bonds is 2. The predicted molar refractivity (Wildman–Crippen MR) is 65.2 cm³/mol. The van der Waals surface area contributed by atoms with Gasteiger partial charge < -0.3 is 15.9 Å². The van der Waals surface area contributed by atoms with E-state index in [9.17, 15) is 10.2 Å². The van der Waals surface area contributed by atoms with E-state index in [4.69, 9.17) is 5.73 Å². The third-order valence-electron chi connectivity index (χ3n) is 2.77. The molecule has 0 saturated carbocycles. The topological polar surface area (TPSA) is 66.5 Å². The molecule has 0 aliphatic heterocycles. The van der Waals surface area contributed by atoms with E-state index in [1.54, 1.807) is 6.07 Å². The molecule has 0 fully saturated rings. The molecule has 0 aromatic heterocycles. The summed E-state index contributed by atoms with van der Waals surface area (Å²) in [5.41, 5.74) is 7.29. The Bertz CT molecular complexity index is 369. The third-order valence-corrected chi connectivity index (χ3v) is 2.77. The fourth-order valence-electron chi connectivity index (χ4n) is 1.65. The molecule has 2 atom stereocenters. The van der Waals surface area contributed by atoms with Crippen LogP contribution in [0.15, 0.2) is 18.2 Å². The Morgan fingerprint density at radius 2 is 1.81 bits per heavy atom. The molecular formula is C13H21NO2. The minimum Gasteiger partial charge on any atom is -0.508 e. The molecule has 0 unspecified atom stereocenters. The van der Waals surface area contributed by atoms with Crippen LogP contribution in [-0.4, -0.2) is 16.3 Å². The van der Waals surface area contributed by atoms with Gasteiger partial charge in [0.1, 0.15) is 5.75 Å². The first-order valence-electron chi connectivity index (χ1n) is 5.46. The molecule has 0 radical (unpaired) electrons. The number of phenolic OH excluding ortho intramolecular Hbond substituents is 1. The van der Waals surface area contributed by atoms with Gasteiger partial charge in [-0.2, -0.15) is 0 Å². The molecule has 4 N–H and O–H groups in total. The molecule has 0 amide bonds. The normalized spacial score (nSPS) is 15.9. The maximum absolute atomic E-state index is 10.1. The first-order chi connectivity index (χ1) is 7.23. The summed E-state index contributed by atoms with van der Waals surface area (Å²) in [6, 6.07) is 4.67. The molecule has 3 heteroatoms. The monoisotopic (exact) mass is 223 g/mol. The minimum absolute atomic E-state index is 0.140. The van der Waals surface area contributed by atoms with E-state index < -0.39 is 12.1 Å². The standard InChI is InChI=1S/C13H21NO2/c1-8-5-6-10(15)9(7-8)11(14)12(16)13(2,3)4/h5-7,11-12,15-16H,14H2,1-4H3/t11-,12-/m1/s1. The van der Waals surface area contributed by atoms with E-state index in [1.165, 1.54) is 0 Å². The minimum atomic E-state index is -0.694. The summed E-state index contributed by atoms with van der Waals surface area (Å²) < 4.78 is 0. The van der Waals surface area contributed by atoms with Crippen molar-refractivity contribution in [1.82, 2.24) is 0 Å². The van der Waals surface area contributed by atoms with E-state index >= 15 is 0 Å². The lowest BCUT2D eigenvalue weighted by Crippen LogP contribution is -2.37. The molecule has 1 rings (SSSR count). The van der Waals surface area contributed by atoms with Crippen LogP contribution >= 0.6 is 0 Å². The molecule has 0 heterocycles. The van der Waals surface area contributed by atoms with E-state index in [-0.39, 0.29) is 11.2 Å². The number of hydrogen-bond donors (Lipinski definition) is 3. The van der Waals surface area contributed by atoms with Crippen molar-refractivity contribution in [3.8, 4) is 5.75 Å². The van der Waals surface area contributed by atoms with Crippen molar-refractivity contribution in [3.63, 3.8) is 0 Å². The molecule has 0 aliphatic carbocycles. The second-order valence-corrected chi connectivity index (χ2v) is 5.40. The largest absolute Gasteiger partial charge is 0.508 e. The fraction of sp³-hybridized carbons (Fsp3) is 0.538. The average Bonchev–Trinajstić information content (AvgIpc) is 2.18. The lowest BCUT2D eigenvalue weighted by molar-refractivity contribution is 0.0394. The van der Waals surface area contributed by atoms with Gasteiger partial charge in [-0.15, -0.1) is 0 Å². The average molecular weight is 223 g/mol. The smallest absolute Gasteiger partial charge is 0.120 e. The van der Waals surface area contributed by atoms with Crippen LogP contribution in [0.1, 0.15) is 37.9 Å². The van der Waals surface area contributed by atoms with Crippen LogP contribution in [0.5, 0.6) is 5.75 Å². The quantitative estimate of drug-likeness (QED) is 0.719. The number of benzene rings is 1. The second kappa shape index (κ2) is 4.44. The molecule has 0 spiro atoms.